The first-order chi connectivity index (χ1) is 9.58. The molecule has 0 heterocycles. The summed E-state index contributed by atoms with van der Waals surface area (Å²) in [6.07, 6.45) is 4.77. The number of aryl methyl sites for hydroxylation is 1. The van der Waals surface area contributed by atoms with Gasteiger partial charge in [-0.25, -0.2) is 13.1 Å². The zero-order valence-corrected chi connectivity index (χ0v) is 12.8. The number of ether oxygens (including phenoxy) is 1. The predicted octanol–water partition coefficient (Wildman–Crippen LogP) is 2.63. The van der Waals surface area contributed by atoms with Gasteiger partial charge in [-0.3, -0.25) is 0 Å². The van der Waals surface area contributed by atoms with Gasteiger partial charge in [-0.1, -0.05) is 37.0 Å². The van der Waals surface area contributed by atoms with Crippen LogP contribution in [0.25, 0.3) is 0 Å². The topological polar surface area (TPSA) is 55.4 Å². The predicted molar refractivity (Wildman–Crippen MR) is 80.5 cm³/mol. The van der Waals surface area contributed by atoms with Crippen LogP contribution in [0, 0.1) is 6.92 Å². The van der Waals surface area contributed by atoms with Gasteiger partial charge in [0.05, 0.1) is 5.25 Å². The van der Waals surface area contributed by atoms with Crippen molar-refractivity contribution in [3.8, 4) is 5.75 Å². The van der Waals surface area contributed by atoms with Crippen molar-refractivity contribution in [2.75, 3.05) is 13.2 Å². The first-order valence-electron chi connectivity index (χ1n) is 7.26. The Morgan fingerprint density at radius 1 is 1.15 bits per heavy atom. The van der Waals surface area contributed by atoms with Gasteiger partial charge in [0.25, 0.3) is 0 Å². The van der Waals surface area contributed by atoms with E-state index in [0.717, 1.165) is 37.9 Å². The third kappa shape index (κ3) is 4.49. The van der Waals surface area contributed by atoms with Gasteiger partial charge < -0.3 is 4.74 Å². The summed E-state index contributed by atoms with van der Waals surface area (Å²) in [5, 5.41) is -0.212. The maximum absolute atomic E-state index is 12.1. The van der Waals surface area contributed by atoms with E-state index in [2.05, 4.69) is 4.72 Å². The average Bonchev–Trinajstić information content (AvgIpc) is 2.46. The van der Waals surface area contributed by atoms with Crippen LogP contribution in [0.15, 0.2) is 24.3 Å². The number of hydrogen-bond donors (Lipinski definition) is 1. The Morgan fingerprint density at radius 3 is 2.45 bits per heavy atom. The molecule has 1 fully saturated rings. The molecule has 0 saturated heterocycles. The second kappa shape index (κ2) is 7.09. The van der Waals surface area contributed by atoms with Gasteiger partial charge in [-0.05, 0) is 31.9 Å². The number of rotatable bonds is 6. The van der Waals surface area contributed by atoms with Gasteiger partial charge in [0.1, 0.15) is 12.4 Å². The van der Waals surface area contributed by atoms with E-state index in [-0.39, 0.29) is 5.25 Å². The Labute approximate surface area is 121 Å². The molecule has 0 bridgehead atoms. The molecule has 0 radical (unpaired) electrons. The molecule has 0 atom stereocenters. The van der Waals surface area contributed by atoms with Crippen molar-refractivity contribution in [1.82, 2.24) is 4.72 Å². The van der Waals surface area contributed by atoms with Crippen molar-refractivity contribution in [1.29, 1.82) is 0 Å². The number of nitrogens with one attached hydrogen (secondary N) is 1. The third-order valence-electron chi connectivity index (χ3n) is 3.69. The largest absolute Gasteiger partial charge is 0.492 e. The molecular formula is C15H23NO3S. The van der Waals surface area contributed by atoms with E-state index < -0.39 is 10.0 Å². The summed E-state index contributed by atoms with van der Waals surface area (Å²) < 4.78 is 32.3. The van der Waals surface area contributed by atoms with Gasteiger partial charge in [-0.15, -0.1) is 0 Å². The Morgan fingerprint density at radius 2 is 1.80 bits per heavy atom. The monoisotopic (exact) mass is 297 g/mol. The minimum atomic E-state index is -3.17. The number of sulfonamides is 1. The summed E-state index contributed by atoms with van der Waals surface area (Å²) >= 11 is 0. The van der Waals surface area contributed by atoms with Crippen LogP contribution in [-0.4, -0.2) is 26.8 Å². The molecule has 0 spiro atoms. The molecule has 1 aliphatic rings. The van der Waals surface area contributed by atoms with Gasteiger partial charge in [-0.2, -0.15) is 0 Å². The molecule has 5 heteroatoms. The van der Waals surface area contributed by atoms with Gasteiger partial charge >= 0.3 is 0 Å². The summed E-state index contributed by atoms with van der Waals surface area (Å²) in [5.41, 5.74) is 1.18. The first kappa shape index (κ1) is 15.3. The highest BCUT2D eigenvalue weighted by Gasteiger charge is 2.26. The lowest BCUT2D eigenvalue weighted by atomic mass is 10.0. The SMILES string of the molecule is Cc1ccc(OCCNS(=O)(=O)C2CCCCC2)cc1. The highest BCUT2D eigenvalue weighted by Crippen LogP contribution is 2.22. The van der Waals surface area contributed by atoms with E-state index in [1.807, 2.05) is 31.2 Å². The van der Waals surface area contributed by atoms with E-state index in [1.165, 1.54) is 5.56 Å². The van der Waals surface area contributed by atoms with Crippen LogP contribution >= 0.6 is 0 Å². The standard InChI is InChI=1S/C15H23NO3S/c1-13-7-9-14(10-8-13)19-12-11-16-20(17,18)15-5-3-2-4-6-15/h7-10,15-16H,2-6,11-12H2,1H3. The molecule has 1 N–H and O–H groups in total. The highest BCUT2D eigenvalue weighted by molar-refractivity contribution is 7.90. The summed E-state index contributed by atoms with van der Waals surface area (Å²) in [7, 11) is -3.17. The molecule has 1 saturated carbocycles. The van der Waals surface area contributed by atoms with Crippen molar-refractivity contribution in [2.24, 2.45) is 0 Å². The van der Waals surface area contributed by atoms with Crippen molar-refractivity contribution < 1.29 is 13.2 Å². The van der Waals surface area contributed by atoms with Crippen LogP contribution < -0.4 is 9.46 Å². The fraction of sp³-hybridized carbons (Fsp3) is 0.600. The summed E-state index contributed by atoms with van der Waals surface area (Å²) in [5.74, 6) is 0.771. The maximum Gasteiger partial charge on any atom is 0.214 e. The van der Waals surface area contributed by atoms with Crippen LogP contribution in [0.1, 0.15) is 37.7 Å². The zero-order valence-electron chi connectivity index (χ0n) is 12.0. The Hall–Kier alpha value is -1.07. The fourth-order valence-corrected chi connectivity index (χ4v) is 4.04. The number of benzene rings is 1. The summed E-state index contributed by atoms with van der Waals surface area (Å²) in [6, 6.07) is 7.74. The van der Waals surface area contributed by atoms with Crippen molar-refractivity contribution in [2.45, 2.75) is 44.3 Å². The molecule has 20 heavy (non-hydrogen) atoms. The van der Waals surface area contributed by atoms with Crippen molar-refractivity contribution in [3.05, 3.63) is 29.8 Å². The zero-order chi connectivity index (χ0) is 14.4. The van der Waals surface area contributed by atoms with E-state index in [4.69, 9.17) is 4.74 Å². The molecular weight excluding hydrogens is 274 g/mol. The van der Waals surface area contributed by atoms with Gasteiger partial charge in [0.15, 0.2) is 0 Å². The van der Waals surface area contributed by atoms with Crippen molar-refractivity contribution in [3.63, 3.8) is 0 Å². The average molecular weight is 297 g/mol. The van der Waals surface area contributed by atoms with Crippen LogP contribution in [0.3, 0.4) is 0 Å². The molecule has 4 nitrogen and oxygen atoms in total. The van der Waals surface area contributed by atoms with Crippen LogP contribution in [0.5, 0.6) is 5.75 Å². The van der Waals surface area contributed by atoms with E-state index in [1.54, 1.807) is 0 Å². The third-order valence-corrected chi connectivity index (χ3v) is 5.64. The first-order valence-corrected chi connectivity index (χ1v) is 8.80. The Bertz CT molecular complexity index is 504. The van der Waals surface area contributed by atoms with Gasteiger partial charge in [0.2, 0.25) is 10.0 Å². The minimum Gasteiger partial charge on any atom is -0.492 e. The summed E-state index contributed by atoms with van der Waals surface area (Å²) in [6.45, 7) is 2.70. The highest BCUT2D eigenvalue weighted by atomic mass is 32.2. The summed E-state index contributed by atoms with van der Waals surface area (Å²) in [4.78, 5) is 0. The minimum absolute atomic E-state index is 0.212. The smallest absolute Gasteiger partial charge is 0.214 e. The second-order valence-electron chi connectivity index (χ2n) is 5.36. The Balaban J connectivity index is 1.73. The normalized spacial score (nSPS) is 17.1. The second-order valence-corrected chi connectivity index (χ2v) is 7.41. The van der Waals surface area contributed by atoms with E-state index in [0.29, 0.717) is 13.2 Å². The van der Waals surface area contributed by atoms with Crippen LogP contribution in [-0.2, 0) is 10.0 Å². The van der Waals surface area contributed by atoms with E-state index >= 15 is 0 Å². The maximum atomic E-state index is 12.1. The lowest BCUT2D eigenvalue weighted by Crippen LogP contribution is -2.37. The molecule has 0 aromatic heterocycles. The van der Waals surface area contributed by atoms with Gasteiger partial charge in [0, 0.05) is 6.54 Å². The molecule has 1 aromatic carbocycles. The van der Waals surface area contributed by atoms with E-state index in [9.17, 15) is 8.42 Å². The van der Waals surface area contributed by atoms with Crippen molar-refractivity contribution >= 4 is 10.0 Å². The molecule has 0 amide bonds. The molecule has 2 rings (SSSR count). The lowest BCUT2D eigenvalue weighted by Gasteiger charge is -2.22. The fourth-order valence-electron chi connectivity index (χ4n) is 2.48. The Kier molecular flexibility index (Phi) is 5.43. The lowest BCUT2D eigenvalue weighted by molar-refractivity contribution is 0.322. The number of hydrogen-bond acceptors (Lipinski definition) is 3. The molecule has 0 aliphatic heterocycles. The quantitative estimate of drug-likeness (QED) is 0.821. The molecule has 1 aromatic rings. The van der Waals surface area contributed by atoms with Crippen LogP contribution in [0.2, 0.25) is 0 Å². The molecule has 112 valence electrons. The molecule has 0 unspecified atom stereocenters. The van der Waals surface area contributed by atoms with Crippen LogP contribution in [0.4, 0.5) is 0 Å². The molecule has 1 aliphatic carbocycles.